The molecule has 2 heterocycles. The molecule has 0 atom stereocenters. The number of carbonyl (C=O) groups excluding carboxylic acids is 1. The summed E-state index contributed by atoms with van der Waals surface area (Å²) in [6.45, 7) is 4.81. The van der Waals surface area contributed by atoms with Gasteiger partial charge in [0.1, 0.15) is 11.1 Å². The molecule has 3 rings (SSSR count). The van der Waals surface area contributed by atoms with E-state index in [2.05, 4.69) is 4.90 Å². The predicted octanol–water partition coefficient (Wildman–Crippen LogP) is 1.49. The topological polar surface area (TPSA) is 53.8 Å². The van der Waals surface area contributed by atoms with Gasteiger partial charge in [-0.05, 0) is 25.6 Å². The van der Waals surface area contributed by atoms with Gasteiger partial charge >= 0.3 is 5.63 Å². The lowest BCUT2D eigenvalue weighted by molar-refractivity contribution is 0.0660. The number of fused-ring (bicyclic) bond motifs is 1. The molecule has 0 aliphatic carbocycles. The van der Waals surface area contributed by atoms with Crippen molar-refractivity contribution in [2.24, 2.45) is 0 Å². The fraction of sp³-hybridized carbons (Fsp3) is 0.375. The van der Waals surface area contributed by atoms with Crippen molar-refractivity contribution in [1.29, 1.82) is 0 Å². The van der Waals surface area contributed by atoms with Crippen molar-refractivity contribution in [2.75, 3.05) is 33.2 Å². The van der Waals surface area contributed by atoms with Gasteiger partial charge in [-0.1, -0.05) is 18.2 Å². The summed E-state index contributed by atoms with van der Waals surface area (Å²) < 4.78 is 5.34. The molecule has 1 aliphatic rings. The van der Waals surface area contributed by atoms with E-state index in [1.54, 1.807) is 11.0 Å². The lowest BCUT2D eigenvalue weighted by atomic mass is 10.1. The Kier molecular flexibility index (Phi) is 3.51. The zero-order valence-electron chi connectivity index (χ0n) is 12.3. The highest BCUT2D eigenvalue weighted by atomic mass is 16.4. The van der Waals surface area contributed by atoms with Crippen molar-refractivity contribution in [3.05, 3.63) is 45.8 Å². The Morgan fingerprint density at radius 1 is 1.19 bits per heavy atom. The zero-order chi connectivity index (χ0) is 15.0. The second-order valence-corrected chi connectivity index (χ2v) is 5.54. The van der Waals surface area contributed by atoms with Gasteiger partial charge in [-0.2, -0.15) is 0 Å². The van der Waals surface area contributed by atoms with Crippen LogP contribution in [0, 0.1) is 6.92 Å². The minimum Gasteiger partial charge on any atom is -0.422 e. The SMILES string of the molecule is Cc1cccc2cc(C(=O)N3CCN(C)CC3)c(=O)oc12. The molecular weight excluding hydrogens is 268 g/mol. The van der Waals surface area contributed by atoms with Crippen molar-refractivity contribution in [1.82, 2.24) is 9.80 Å². The Balaban J connectivity index is 1.98. The van der Waals surface area contributed by atoms with Crippen LogP contribution in [0.25, 0.3) is 11.0 Å². The molecular formula is C16H18N2O3. The van der Waals surface area contributed by atoms with Crippen molar-refractivity contribution >= 4 is 16.9 Å². The van der Waals surface area contributed by atoms with E-state index in [1.165, 1.54) is 0 Å². The first kappa shape index (κ1) is 13.8. The maximum Gasteiger partial charge on any atom is 0.349 e. The normalized spacial score (nSPS) is 16.4. The predicted molar refractivity (Wildman–Crippen MR) is 80.6 cm³/mol. The summed E-state index contributed by atoms with van der Waals surface area (Å²) in [5.41, 5.74) is 1.01. The molecule has 1 amide bonds. The van der Waals surface area contributed by atoms with Gasteiger partial charge < -0.3 is 14.2 Å². The van der Waals surface area contributed by atoms with E-state index in [-0.39, 0.29) is 11.5 Å². The third-order valence-corrected chi connectivity index (χ3v) is 3.98. The van der Waals surface area contributed by atoms with Gasteiger partial charge in [0, 0.05) is 31.6 Å². The molecule has 0 unspecified atom stereocenters. The Bertz CT molecular complexity index is 743. The highest BCUT2D eigenvalue weighted by Gasteiger charge is 2.23. The number of piperazine rings is 1. The monoisotopic (exact) mass is 286 g/mol. The first-order valence-electron chi connectivity index (χ1n) is 7.07. The molecule has 1 aliphatic heterocycles. The van der Waals surface area contributed by atoms with Gasteiger partial charge in [-0.15, -0.1) is 0 Å². The molecule has 0 radical (unpaired) electrons. The number of likely N-dealkylation sites (N-methyl/N-ethyl adjacent to an activating group) is 1. The second-order valence-electron chi connectivity index (χ2n) is 5.54. The lowest BCUT2D eigenvalue weighted by Gasteiger charge is -2.32. The first-order chi connectivity index (χ1) is 10.1. The van der Waals surface area contributed by atoms with Crippen LogP contribution >= 0.6 is 0 Å². The van der Waals surface area contributed by atoms with E-state index < -0.39 is 5.63 Å². The van der Waals surface area contributed by atoms with Crippen LogP contribution in [0.4, 0.5) is 0 Å². The summed E-state index contributed by atoms with van der Waals surface area (Å²) in [5, 5.41) is 0.784. The molecule has 1 aromatic heterocycles. The van der Waals surface area contributed by atoms with Crippen LogP contribution in [0.5, 0.6) is 0 Å². The summed E-state index contributed by atoms with van der Waals surface area (Å²) >= 11 is 0. The minimum absolute atomic E-state index is 0.123. The molecule has 1 aromatic carbocycles. The van der Waals surface area contributed by atoms with Crippen LogP contribution in [0.2, 0.25) is 0 Å². The van der Waals surface area contributed by atoms with E-state index in [4.69, 9.17) is 4.42 Å². The van der Waals surface area contributed by atoms with Gasteiger partial charge in [-0.25, -0.2) is 4.79 Å². The van der Waals surface area contributed by atoms with Crippen molar-refractivity contribution < 1.29 is 9.21 Å². The number of benzene rings is 1. The number of para-hydroxylation sites is 1. The number of hydrogen-bond acceptors (Lipinski definition) is 4. The van der Waals surface area contributed by atoms with Gasteiger partial charge in [0.2, 0.25) is 0 Å². The molecule has 0 saturated carbocycles. The largest absolute Gasteiger partial charge is 0.422 e. The smallest absolute Gasteiger partial charge is 0.349 e. The zero-order valence-corrected chi connectivity index (χ0v) is 12.3. The van der Waals surface area contributed by atoms with Crippen LogP contribution in [0.15, 0.2) is 33.5 Å². The summed E-state index contributed by atoms with van der Waals surface area (Å²) in [5.74, 6) is -0.236. The van der Waals surface area contributed by atoms with Crippen LogP contribution in [0.1, 0.15) is 15.9 Å². The fourth-order valence-corrected chi connectivity index (χ4v) is 2.62. The molecule has 5 nitrogen and oxygen atoms in total. The first-order valence-corrected chi connectivity index (χ1v) is 7.07. The van der Waals surface area contributed by atoms with Crippen molar-refractivity contribution in [3.8, 4) is 0 Å². The number of hydrogen-bond donors (Lipinski definition) is 0. The van der Waals surface area contributed by atoms with Gasteiger partial charge in [0.05, 0.1) is 0 Å². The van der Waals surface area contributed by atoms with Crippen molar-refractivity contribution in [3.63, 3.8) is 0 Å². The fourth-order valence-electron chi connectivity index (χ4n) is 2.62. The van der Waals surface area contributed by atoms with Gasteiger partial charge in [0.25, 0.3) is 5.91 Å². The Hall–Kier alpha value is -2.14. The molecule has 5 heteroatoms. The van der Waals surface area contributed by atoms with E-state index in [1.807, 2.05) is 32.2 Å². The summed E-state index contributed by atoms with van der Waals surface area (Å²) in [7, 11) is 2.02. The van der Waals surface area contributed by atoms with Crippen LogP contribution in [-0.2, 0) is 0 Å². The number of rotatable bonds is 1. The van der Waals surface area contributed by atoms with Crippen LogP contribution < -0.4 is 5.63 Å². The average Bonchev–Trinajstić information content (AvgIpc) is 2.48. The highest BCUT2D eigenvalue weighted by molar-refractivity contribution is 5.97. The molecule has 110 valence electrons. The van der Waals surface area contributed by atoms with E-state index in [0.29, 0.717) is 18.7 Å². The lowest BCUT2D eigenvalue weighted by Crippen LogP contribution is -2.48. The molecule has 2 aromatic rings. The maximum absolute atomic E-state index is 12.5. The molecule has 0 N–H and O–H groups in total. The molecule has 0 bridgehead atoms. The molecule has 1 fully saturated rings. The Morgan fingerprint density at radius 2 is 1.90 bits per heavy atom. The summed E-state index contributed by atoms with van der Waals surface area (Å²) in [4.78, 5) is 28.5. The third kappa shape index (κ3) is 2.56. The molecule has 21 heavy (non-hydrogen) atoms. The van der Waals surface area contributed by atoms with Gasteiger partial charge in [-0.3, -0.25) is 4.79 Å². The van der Waals surface area contributed by atoms with E-state index >= 15 is 0 Å². The second kappa shape index (κ2) is 5.33. The van der Waals surface area contributed by atoms with Crippen LogP contribution in [0.3, 0.4) is 0 Å². The number of carbonyl (C=O) groups is 1. The molecule has 1 saturated heterocycles. The van der Waals surface area contributed by atoms with Crippen LogP contribution in [-0.4, -0.2) is 48.9 Å². The third-order valence-electron chi connectivity index (χ3n) is 3.98. The number of amides is 1. The maximum atomic E-state index is 12.5. The Morgan fingerprint density at radius 3 is 2.62 bits per heavy atom. The summed E-state index contributed by atoms with van der Waals surface area (Å²) in [6.07, 6.45) is 0. The highest BCUT2D eigenvalue weighted by Crippen LogP contribution is 2.18. The number of aryl methyl sites for hydroxylation is 1. The van der Waals surface area contributed by atoms with E-state index in [9.17, 15) is 9.59 Å². The van der Waals surface area contributed by atoms with Crippen molar-refractivity contribution in [2.45, 2.75) is 6.92 Å². The average molecular weight is 286 g/mol. The quantitative estimate of drug-likeness (QED) is 0.745. The van der Waals surface area contributed by atoms with Gasteiger partial charge in [0.15, 0.2) is 0 Å². The van der Waals surface area contributed by atoms with E-state index in [0.717, 1.165) is 24.0 Å². The Labute approximate surface area is 122 Å². The minimum atomic E-state index is -0.555. The number of nitrogens with zero attached hydrogens (tertiary/aromatic N) is 2. The molecule has 0 spiro atoms. The standard InChI is InChI=1S/C16H18N2O3/c1-11-4-3-5-12-10-13(16(20)21-14(11)12)15(19)18-8-6-17(2)7-9-18/h3-5,10H,6-9H2,1-2H3. The summed E-state index contributed by atoms with van der Waals surface area (Å²) in [6, 6.07) is 7.27.